The first-order valence-electron chi connectivity index (χ1n) is 9.79. The smallest absolute Gasteiger partial charge is 0.240 e. The van der Waals surface area contributed by atoms with Crippen molar-refractivity contribution in [2.75, 3.05) is 4.90 Å². The number of carbonyl (C=O) groups excluding carboxylic acids is 2. The highest BCUT2D eigenvalue weighted by Gasteiger charge is 2.37. The maximum absolute atomic E-state index is 13.3. The van der Waals surface area contributed by atoms with Crippen LogP contribution < -0.4 is 10.6 Å². The Morgan fingerprint density at radius 1 is 1.17 bits per heavy atom. The number of carbonyl (C=O) groups is 2. The fourth-order valence-corrected chi connectivity index (χ4v) is 4.23. The van der Waals surface area contributed by atoms with E-state index in [0.717, 1.165) is 39.5 Å². The van der Waals surface area contributed by atoms with Gasteiger partial charge in [0.2, 0.25) is 11.8 Å². The van der Waals surface area contributed by atoms with E-state index in [0.29, 0.717) is 11.4 Å². The Morgan fingerprint density at radius 3 is 2.60 bits per heavy atom. The Labute approximate surface area is 180 Å². The highest BCUT2D eigenvalue weighted by atomic mass is 35.5. The number of amides is 2. The van der Waals surface area contributed by atoms with Gasteiger partial charge in [-0.2, -0.15) is 5.10 Å². The summed E-state index contributed by atoms with van der Waals surface area (Å²) >= 11 is 6.28. The van der Waals surface area contributed by atoms with E-state index in [9.17, 15) is 9.59 Å². The lowest BCUT2D eigenvalue weighted by atomic mass is 10.1. The third kappa shape index (κ3) is 3.37. The zero-order valence-corrected chi connectivity index (χ0v) is 17.9. The number of benzene rings is 2. The molecule has 0 bridgehead atoms. The minimum absolute atomic E-state index is 0.134. The number of hydrogen-bond acceptors (Lipinski definition) is 3. The Kier molecular flexibility index (Phi) is 5.12. The van der Waals surface area contributed by atoms with Crippen LogP contribution in [0.15, 0.2) is 42.5 Å². The number of aromatic nitrogens is 2. The molecule has 0 saturated heterocycles. The number of nitrogens with two attached hydrogens (primary N) is 1. The summed E-state index contributed by atoms with van der Waals surface area (Å²) in [6, 6.07) is 12.6. The van der Waals surface area contributed by atoms with Crippen LogP contribution in [0.4, 0.5) is 5.69 Å². The lowest BCUT2D eigenvalue weighted by Gasteiger charge is -2.23. The number of nitrogens with zero attached hydrogens (tertiary/aromatic N) is 3. The maximum atomic E-state index is 13.3. The van der Waals surface area contributed by atoms with Gasteiger partial charge in [-0.15, -0.1) is 0 Å². The Hall–Kier alpha value is -3.12. The molecule has 3 aromatic rings. The van der Waals surface area contributed by atoms with Crippen LogP contribution in [0.3, 0.4) is 0 Å². The first-order chi connectivity index (χ1) is 14.3. The monoisotopic (exact) mass is 422 g/mol. The fourth-order valence-electron chi connectivity index (χ4n) is 4.05. The number of rotatable bonds is 4. The fraction of sp³-hybridized carbons (Fsp3) is 0.261. The van der Waals surface area contributed by atoms with Crippen LogP contribution in [0.25, 0.3) is 5.69 Å². The van der Waals surface area contributed by atoms with E-state index in [2.05, 4.69) is 5.10 Å². The van der Waals surface area contributed by atoms with Gasteiger partial charge in [-0.1, -0.05) is 35.9 Å². The molecule has 2 heterocycles. The summed E-state index contributed by atoms with van der Waals surface area (Å²) < 4.78 is 1.80. The molecule has 1 atom stereocenters. The molecule has 0 spiro atoms. The molecular formula is C23H23ClN4O2. The summed E-state index contributed by atoms with van der Waals surface area (Å²) in [7, 11) is 0. The van der Waals surface area contributed by atoms with Gasteiger partial charge in [0.15, 0.2) is 0 Å². The third-order valence-corrected chi connectivity index (χ3v) is 6.15. The number of para-hydroxylation sites is 1. The quantitative estimate of drug-likeness (QED) is 0.699. The van der Waals surface area contributed by atoms with Gasteiger partial charge < -0.3 is 5.73 Å². The van der Waals surface area contributed by atoms with E-state index in [1.807, 2.05) is 63.2 Å². The highest BCUT2D eigenvalue weighted by Crippen LogP contribution is 2.33. The summed E-state index contributed by atoms with van der Waals surface area (Å²) in [6.45, 7) is 5.76. The van der Waals surface area contributed by atoms with Gasteiger partial charge in [-0.05, 0) is 50.1 Å². The number of fused-ring (bicyclic) bond motifs is 1. The Balaban J connectivity index is 1.67. The van der Waals surface area contributed by atoms with Crippen molar-refractivity contribution in [3.8, 4) is 5.69 Å². The molecule has 1 aliphatic heterocycles. The van der Waals surface area contributed by atoms with Crippen molar-refractivity contribution >= 4 is 29.1 Å². The van der Waals surface area contributed by atoms with Crippen LogP contribution >= 0.6 is 11.6 Å². The molecule has 1 aromatic heterocycles. The van der Waals surface area contributed by atoms with Gasteiger partial charge >= 0.3 is 0 Å². The van der Waals surface area contributed by atoms with E-state index in [-0.39, 0.29) is 12.3 Å². The molecule has 1 aliphatic rings. The molecule has 2 aromatic carbocycles. The summed E-state index contributed by atoms with van der Waals surface area (Å²) in [6.07, 6.45) is 0.575. The molecule has 30 heavy (non-hydrogen) atoms. The minimum atomic E-state index is -0.665. The predicted molar refractivity (Wildman–Crippen MR) is 117 cm³/mol. The van der Waals surface area contributed by atoms with Crippen molar-refractivity contribution < 1.29 is 9.59 Å². The first-order valence-corrected chi connectivity index (χ1v) is 10.2. The molecule has 4 rings (SSSR count). The van der Waals surface area contributed by atoms with Crippen molar-refractivity contribution in [2.45, 2.75) is 39.7 Å². The standard InChI is InChI=1S/C23H23ClN4O2/c1-13-8-9-17(11-19(13)24)28-15(3)18(14(2)26-28)12-22(29)27-20-7-5-4-6-16(20)10-21(27)23(25)30/h4-9,11,21H,10,12H2,1-3H3,(H2,25,30)/t21-/m0/s1. The number of aryl methyl sites for hydroxylation is 2. The molecule has 2 N–H and O–H groups in total. The van der Waals surface area contributed by atoms with Crippen LogP contribution in [0, 0.1) is 20.8 Å². The minimum Gasteiger partial charge on any atom is -0.368 e. The van der Waals surface area contributed by atoms with E-state index >= 15 is 0 Å². The zero-order chi connectivity index (χ0) is 21.6. The number of halogens is 1. The molecule has 2 amide bonds. The molecule has 0 saturated carbocycles. The number of hydrogen-bond donors (Lipinski definition) is 1. The Morgan fingerprint density at radius 2 is 1.90 bits per heavy atom. The van der Waals surface area contributed by atoms with E-state index in [4.69, 9.17) is 17.3 Å². The van der Waals surface area contributed by atoms with Crippen molar-refractivity contribution in [3.05, 3.63) is 75.6 Å². The molecule has 7 heteroatoms. The van der Waals surface area contributed by atoms with Gasteiger partial charge in [-0.3, -0.25) is 14.5 Å². The van der Waals surface area contributed by atoms with E-state index in [1.54, 1.807) is 4.68 Å². The van der Waals surface area contributed by atoms with Gasteiger partial charge in [0.1, 0.15) is 6.04 Å². The molecule has 154 valence electrons. The second kappa shape index (κ2) is 7.61. The Bertz CT molecular complexity index is 1170. The van der Waals surface area contributed by atoms with Crippen LogP contribution in [0.5, 0.6) is 0 Å². The summed E-state index contributed by atoms with van der Waals surface area (Å²) in [5.41, 5.74) is 11.6. The van der Waals surface area contributed by atoms with Crippen LogP contribution in [0.2, 0.25) is 5.02 Å². The van der Waals surface area contributed by atoms with Crippen molar-refractivity contribution in [3.63, 3.8) is 0 Å². The maximum Gasteiger partial charge on any atom is 0.240 e. The second-order valence-electron chi connectivity index (χ2n) is 7.69. The average molecular weight is 423 g/mol. The van der Waals surface area contributed by atoms with Gasteiger partial charge in [0.05, 0.1) is 17.8 Å². The summed E-state index contributed by atoms with van der Waals surface area (Å²) in [4.78, 5) is 26.9. The van der Waals surface area contributed by atoms with Gasteiger partial charge in [-0.25, -0.2) is 4.68 Å². The topological polar surface area (TPSA) is 81.2 Å². The molecule has 0 fully saturated rings. The molecule has 6 nitrogen and oxygen atoms in total. The average Bonchev–Trinajstić information content (AvgIpc) is 3.23. The SMILES string of the molecule is Cc1ccc(-n2nc(C)c(CC(=O)N3c4ccccc4C[C@H]3C(N)=O)c2C)cc1Cl. The molecule has 0 unspecified atom stereocenters. The second-order valence-corrected chi connectivity index (χ2v) is 8.09. The van der Waals surface area contributed by atoms with Crippen LogP contribution in [-0.4, -0.2) is 27.6 Å². The summed E-state index contributed by atoms with van der Waals surface area (Å²) in [5.74, 6) is -0.672. The van der Waals surface area contributed by atoms with Crippen LogP contribution in [0.1, 0.15) is 28.1 Å². The molecular weight excluding hydrogens is 400 g/mol. The first kappa shape index (κ1) is 20.2. The van der Waals surface area contributed by atoms with E-state index in [1.165, 1.54) is 4.90 Å². The normalized spacial score (nSPS) is 15.3. The third-order valence-electron chi connectivity index (χ3n) is 5.74. The van der Waals surface area contributed by atoms with Gasteiger partial charge in [0, 0.05) is 28.4 Å². The number of anilines is 1. The predicted octanol–water partition coefficient (Wildman–Crippen LogP) is 3.44. The number of primary amides is 1. The van der Waals surface area contributed by atoms with Crippen molar-refractivity contribution in [2.24, 2.45) is 5.73 Å². The highest BCUT2D eigenvalue weighted by molar-refractivity contribution is 6.31. The lowest BCUT2D eigenvalue weighted by molar-refractivity contribution is -0.124. The summed E-state index contributed by atoms with van der Waals surface area (Å²) in [5, 5.41) is 5.29. The van der Waals surface area contributed by atoms with Crippen LogP contribution in [-0.2, 0) is 22.4 Å². The largest absolute Gasteiger partial charge is 0.368 e. The lowest BCUT2D eigenvalue weighted by Crippen LogP contribution is -2.46. The molecule has 0 radical (unpaired) electrons. The van der Waals surface area contributed by atoms with Gasteiger partial charge in [0.25, 0.3) is 0 Å². The zero-order valence-electron chi connectivity index (χ0n) is 17.1. The van der Waals surface area contributed by atoms with Crippen molar-refractivity contribution in [1.82, 2.24) is 9.78 Å². The van der Waals surface area contributed by atoms with Crippen molar-refractivity contribution in [1.29, 1.82) is 0 Å². The molecule has 0 aliphatic carbocycles. The van der Waals surface area contributed by atoms with E-state index < -0.39 is 11.9 Å².